The first kappa shape index (κ1) is 13.8. The number of nitrogens with two attached hydrogens (primary N) is 1. The molecule has 1 aliphatic heterocycles. The van der Waals surface area contributed by atoms with Gasteiger partial charge < -0.3 is 10.6 Å². The summed E-state index contributed by atoms with van der Waals surface area (Å²) in [5.41, 5.74) is 6.70. The molecule has 0 radical (unpaired) electrons. The van der Waals surface area contributed by atoms with Crippen molar-refractivity contribution in [1.82, 2.24) is 19.9 Å². The number of rotatable bonds is 3. The molecule has 6 heteroatoms. The van der Waals surface area contributed by atoms with Crippen LogP contribution >= 0.6 is 0 Å². The molecule has 0 aliphatic carbocycles. The van der Waals surface area contributed by atoms with Gasteiger partial charge in [0.15, 0.2) is 0 Å². The van der Waals surface area contributed by atoms with Gasteiger partial charge in [0.25, 0.3) is 0 Å². The minimum absolute atomic E-state index is 0.546. The molecule has 1 saturated heterocycles. The summed E-state index contributed by atoms with van der Waals surface area (Å²) in [6.45, 7) is 6.60. The van der Waals surface area contributed by atoms with Crippen LogP contribution in [-0.4, -0.2) is 46.0 Å². The van der Waals surface area contributed by atoms with Gasteiger partial charge in [0, 0.05) is 44.1 Å². The lowest BCUT2D eigenvalue weighted by atomic mass is 10.3. The summed E-state index contributed by atoms with van der Waals surface area (Å²) in [6.07, 6.45) is 1.84. The van der Waals surface area contributed by atoms with Crippen molar-refractivity contribution in [2.75, 3.05) is 36.8 Å². The number of hydrogen-bond donors (Lipinski definition) is 1. The van der Waals surface area contributed by atoms with E-state index in [4.69, 9.17) is 5.73 Å². The first-order valence-corrected chi connectivity index (χ1v) is 7.19. The second-order valence-corrected chi connectivity index (χ2v) is 5.30. The molecule has 21 heavy (non-hydrogen) atoms. The van der Waals surface area contributed by atoms with E-state index >= 15 is 0 Å². The van der Waals surface area contributed by atoms with Crippen LogP contribution in [0.3, 0.4) is 0 Å². The smallest absolute Gasteiger partial charge is 0.144 e. The Balaban J connectivity index is 1.58. The van der Waals surface area contributed by atoms with E-state index < -0.39 is 0 Å². The normalized spacial score (nSPS) is 16.1. The van der Waals surface area contributed by atoms with E-state index in [2.05, 4.69) is 30.8 Å². The lowest BCUT2D eigenvalue weighted by Crippen LogP contribution is -2.46. The van der Waals surface area contributed by atoms with Crippen molar-refractivity contribution in [2.45, 2.75) is 13.5 Å². The van der Waals surface area contributed by atoms with Crippen LogP contribution in [0, 0.1) is 6.92 Å². The first-order valence-electron chi connectivity index (χ1n) is 7.19. The molecule has 0 amide bonds. The summed E-state index contributed by atoms with van der Waals surface area (Å²) in [7, 11) is 0. The molecule has 1 aliphatic rings. The number of nitrogens with zero attached hydrogens (tertiary/aromatic N) is 5. The number of aromatic nitrogens is 3. The van der Waals surface area contributed by atoms with Gasteiger partial charge in [-0.05, 0) is 19.1 Å². The third-order valence-corrected chi connectivity index (χ3v) is 3.63. The molecule has 0 atom stereocenters. The van der Waals surface area contributed by atoms with Gasteiger partial charge in [-0.1, -0.05) is 6.07 Å². The van der Waals surface area contributed by atoms with Crippen LogP contribution in [0.15, 0.2) is 30.5 Å². The SMILES string of the molecule is Cc1cc(N)nc(CN2CCN(c3ccccn3)CC2)n1. The Bertz CT molecular complexity index is 572. The highest BCUT2D eigenvalue weighted by Gasteiger charge is 2.18. The van der Waals surface area contributed by atoms with Crippen molar-refractivity contribution >= 4 is 11.6 Å². The lowest BCUT2D eigenvalue weighted by Gasteiger charge is -2.35. The van der Waals surface area contributed by atoms with Gasteiger partial charge in [0.2, 0.25) is 0 Å². The average molecular weight is 284 g/mol. The van der Waals surface area contributed by atoms with Gasteiger partial charge in [-0.25, -0.2) is 15.0 Å². The van der Waals surface area contributed by atoms with E-state index in [0.29, 0.717) is 5.82 Å². The molecule has 2 aromatic heterocycles. The third-order valence-electron chi connectivity index (χ3n) is 3.63. The number of piperazine rings is 1. The van der Waals surface area contributed by atoms with Gasteiger partial charge in [0.1, 0.15) is 17.5 Å². The summed E-state index contributed by atoms with van der Waals surface area (Å²) in [4.78, 5) is 17.8. The highest BCUT2D eigenvalue weighted by molar-refractivity contribution is 5.38. The minimum atomic E-state index is 0.546. The predicted octanol–water partition coefficient (Wildman–Crippen LogP) is 1.08. The van der Waals surface area contributed by atoms with Gasteiger partial charge in [-0.15, -0.1) is 0 Å². The van der Waals surface area contributed by atoms with Crippen molar-refractivity contribution in [1.29, 1.82) is 0 Å². The fourth-order valence-corrected chi connectivity index (χ4v) is 2.60. The second-order valence-electron chi connectivity index (χ2n) is 5.30. The standard InChI is InChI=1S/C15H20N6/c1-12-10-13(16)19-14(18-12)11-20-6-8-21(9-7-20)15-4-2-3-5-17-15/h2-5,10H,6-9,11H2,1H3,(H2,16,18,19). The predicted molar refractivity (Wildman–Crippen MR) is 82.9 cm³/mol. The zero-order valence-corrected chi connectivity index (χ0v) is 12.2. The van der Waals surface area contributed by atoms with Gasteiger partial charge in [0.05, 0.1) is 6.54 Å². The van der Waals surface area contributed by atoms with E-state index in [0.717, 1.165) is 50.1 Å². The Morgan fingerprint density at radius 1 is 1.14 bits per heavy atom. The first-order chi connectivity index (χ1) is 10.2. The molecule has 6 nitrogen and oxygen atoms in total. The number of hydrogen-bond acceptors (Lipinski definition) is 6. The lowest BCUT2D eigenvalue weighted by molar-refractivity contribution is 0.243. The molecule has 2 N–H and O–H groups in total. The number of anilines is 2. The topological polar surface area (TPSA) is 71.2 Å². The Kier molecular flexibility index (Phi) is 3.96. The highest BCUT2D eigenvalue weighted by atomic mass is 15.3. The second kappa shape index (κ2) is 6.05. The van der Waals surface area contributed by atoms with Crippen molar-refractivity contribution in [3.05, 3.63) is 42.0 Å². The molecule has 0 spiro atoms. The fourth-order valence-electron chi connectivity index (χ4n) is 2.60. The maximum Gasteiger partial charge on any atom is 0.144 e. The average Bonchev–Trinajstić information content (AvgIpc) is 2.48. The van der Waals surface area contributed by atoms with E-state index in [9.17, 15) is 0 Å². The van der Waals surface area contributed by atoms with Crippen LogP contribution in [0.5, 0.6) is 0 Å². The van der Waals surface area contributed by atoms with E-state index in [1.165, 1.54) is 0 Å². The third kappa shape index (κ3) is 3.46. The summed E-state index contributed by atoms with van der Waals surface area (Å²) >= 11 is 0. The van der Waals surface area contributed by atoms with E-state index in [-0.39, 0.29) is 0 Å². The summed E-state index contributed by atoms with van der Waals surface area (Å²) in [5.74, 6) is 2.40. The molecular weight excluding hydrogens is 264 g/mol. The molecule has 3 heterocycles. The maximum atomic E-state index is 5.78. The molecule has 0 aromatic carbocycles. The zero-order chi connectivity index (χ0) is 14.7. The molecule has 1 fully saturated rings. The molecule has 0 bridgehead atoms. The minimum Gasteiger partial charge on any atom is -0.384 e. The zero-order valence-electron chi connectivity index (χ0n) is 12.2. The highest BCUT2D eigenvalue weighted by Crippen LogP contribution is 2.14. The molecule has 0 unspecified atom stereocenters. The fraction of sp³-hybridized carbons (Fsp3) is 0.400. The van der Waals surface area contributed by atoms with Crippen molar-refractivity contribution < 1.29 is 0 Å². The van der Waals surface area contributed by atoms with Gasteiger partial charge in [-0.2, -0.15) is 0 Å². The van der Waals surface area contributed by atoms with Crippen molar-refractivity contribution in [3.63, 3.8) is 0 Å². The Labute approximate surface area is 124 Å². The molecule has 3 rings (SSSR count). The monoisotopic (exact) mass is 284 g/mol. The largest absolute Gasteiger partial charge is 0.384 e. The summed E-state index contributed by atoms with van der Waals surface area (Å²) in [5, 5.41) is 0. The molecule has 110 valence electrons. The van der Waals surface area contributed by atoms with Crippen molar-refractivity contribution in [3.8, 4) is 0 Å². The van der Waals surface area contributed by atoms with Crippen LogP contribution < -0.4 is 10.6 Å². The molecule has 2 aromatic rings. The van der Waals surface area contributed by atoms with Gasteiger partial charge >= 0.3 is 0 Å². The van der Waals surface area contributed by atoms with Gasteiger partial charge in [-0.3, -0.25) is 4.90 Å². The van der Waals surface area contributed by atoms with Crippen LogP contribution in [0.1, 0.15) is 11.5 Å². The van der Waals surface area contributed by atoms with E-state index in [1.807, 2.05) is 25.3 Å². The van der Waals surface area contributed by atoms with Crippen LogP contribution in [-0.2, 0) is 6.54 Å². The quantitative estimate of drug-likeness (QED) is 0.909. The van der Waals surface area contributed by atoms with Crippen molar-refractivity contribution in [2.24, 2.45) is 0 Å². The summed E-state index contributed by atoms with van der Waals surface area (Å²) < 4.78 is 0. The Hall–Kier alpha value is -2.21. The van der Waals surface area contributed by atoms with Crippen LogP contribution in [0.4, 0.5) is 11.6 Å². The Morgan fingerprint density at radius 3 is 2.62 bits per heavy atom. The van der Waals surface area contributed by atoms with Crippen LogP contribution in [0.2, 0.25) is 0 Å². The van der Waals surface area contributed by atoms with E-state index in [1.54, 1.807) is 6.07 Å². The number of pyridine rings is 1. The maximum absolute atomic E-state index is 5.78. The summed E-state index contributed by atoms with van der Waals surface area (Å²) in [6, 6.07) is 7.82. The van der Waals surface area contributed by atoms with Crippen LogP contribution in [0.25, 0.3) is 0 Å². The molecule has 0 saturated carbocycles. The molecular formula is C15H20N6. The number of aryl methyl sites for hydroxylation is 1. The number of nitrogen functional groups attached to an aromatic ring is 1. The Morgan fingerprint density at radius 2 is 1.95 bits per heavy atom.